The summed E-state index contributed by atoms with van der Waals surface area (Å²) in [6, 6.07) is 6.70. The SMILES string of the molecule is CS(=O)(=O)c1ccc(F)cc1-c1ccco1. The van der Waals surface area contributed by atoms with E-state index in [9.17, 15) is 12.8 Å². The van der Waals surface area contributed by atoms with Gasteiger partial charge in [-0.2, -0.15) is 0 Å². The van der Waals surface area contributed by atoms with Crippen LogP contribution in [0.1, 0.15) is 0 Å². The summed E-state index contributed by atoms with van der Waals surface area (Å²) in [6.07, 6.45) is 2.49. The molecule has 0 saturated heterocycles. The maximum absolute atomic E-state index is 13.1. The smallest absolute Gasteiger partial charge is 0.176 e. The van der Waals surface area contributed by atoms with Crippen molar-refractivity contribution in [1.82, 2.24) is 0 Å². The maximum Gasteiger partial charge on any atom is 0.176 e. The zero-order valence-corrected chi connectivity index (χ0v) is 9.29. The van der Waals surface area contributed by atoms with Crippen LogP contribution in [0.5, 0.6) is 0 Å². The third kappa shape index (κ3) is 1.99. The molecule has 0 saturated carbocycles. The average Bonchev–Trinajstić information content (AvgIpc) is 2.68. The molecule has 1 aromatic carbocycles. The zero-order valence-electron chi connectivity index (χ0n) is 8.48. The van der Waals surface area contributed by atoms with Crippen molar-refractivity contribution in [2.24, 2.45) is 0 Å². The van der Waals surface area contributed by atoms with E-state index in [-0.39, 0.29) is 10.5 Å². The Bertz CT molecular complexity index is 600. The molecule has 0 aliphatic carbocycles. The fourth-order valence-corrected chi connectivity index (χ4v) is 2.32. The van der Waals surface area contributed by atoms with E-state index in [2.05, 4.69) is 0 Å². The predicted molar refractivity (Wildman–Crippen MR) is 57.2 cm³/mol. The van der Waals surface area contributed by atoms with Crippen LogP contribution >= 0.6 is 0 Å². The van der Waals surface area contributed by atoms with Gasteiger partial charge in [0.05, 0.1) is 11.2 Å². The van der Waals surface area contributed by atoms with Crippen molar-refractivity contribution in [1.29, 1.82) is 0 Å². The van der Waals surface area contributed by atoms with Crippen LogP contribution < -0.4 is 0 Å². The number of rotatable bonds is 2. The quantitative estimate of drug-likeness (QED) is 0.758. The van der Waals surface area contributed by atoms with E-state index in [0.29, 0.717) is 5.76 Å². The summed E-state index contributed by atoms with van der Waals surface area (Å²) in [5, 5.41) is 0. The van der Waals surface area contributed by atoms with E-state index >= 15 is 0 Å². The molecular weight excluding hydrogens is 231 g/mol. The monoisotopic (exact) mass is 240 g/mol. The summed E-state index contributed by atoms with van der Waals surface area (Å²) >= 11 is 0. The molecule has 1 heterocycles. The summed E-state index contributed by atoms with van der Waals surface area (Å²) in [6.45, 7) is 0. The lowest BCUT2D eigenvalue weighted by Gasteiger charge is -2.05. The van der Waals surface area contributed by atoms with Crippen molar-refractivity contribution in [3.63, 3.8) is 0 Å². The molecular formula is C11H9FO3S. The topological polar surface area (TPSA) is 47.3 Å². The van der Waals surface area contributed by atoms with Crippen molar-refractivity contribution in [2.45, 2.75) is 4.90 Å². The Morgan fingerprint density at radius 2 is 2.00 bits per heavy atom. The van der Waals surface area contributed by atoms with Crippen molar-refractivity contribution in [3.8, 4) is 11.3 Å². The van der Waals surface area contributed by atoms with Crippen LogP contribution in [0.4, 0.5) is 4.39 Å². The molecule has 0 fully saturated rings. The van der Waals surface area contributed by atoms with Gasteiger partial charge in [0.25, 0.3) is 0 Å². The van der Waals surface area contributed by atoms with Crippen molar-refractivity contribution >= 4 is 9.84 Å². The highest BCUT2D eigenvalue weighted by atomic mass is 32.2. The van der Waals surface area contributed by atoms with Gasteiger partial charge in [0, 0.05) is 11.8 Å². The lowest BCUT2D eigenvalue weighted by atomic mass is 10.2. The van der Waals surface area contributed by atoms with Crippen molar-refractivity contribution < 1.29 is 17.2 Å². The van der Waals surface area contributed by atoms with Gasteiger partial charge in [-0.3, -0.25) is 0 Å². The third-order valence-corrected chi connectivity index (χ3v) is 3.28. The summed E-state index contributed by atoms with van der Waals surface area (Å²) < 4.78 is 41.2. The molecule has 0 aliphatic heterocycles. The highest BCUT2D eigenvalue weighted by molar-refractivity contribution is 7.90. The van der Waals surface area contributed by atoms with Gasteiger partial charge in [-0.15, -0.1) is 0 Å². The highest BCUT2D eigenvalue weighted by Gasteiger charge is 2.16. The first kappa shape index (κ1) is 10.9. The second kappa shape index (κ2) is 3.75. The predicted octanol–water partition coefficient (Wildman–Crippen LogP) is 2.49. The molecule has 1 aromatic heterocycles. The number of hydrogen-bond acceptors (Lipinski definition) is 3. The van der Waals surface area contributed by atoms with E-state index in [4.69, 9.17) is 4.42 Å². The molecule has 2 aromatic rings. The van der Waals surface area contributed by atoms with Gasteiger partial charge in [-0.25, -0.2) is 12.8 Å². The first-order valence-electron chi connectivity index (χ1n) is 4.52. The minimum Gasteiger partial charge on any atom is -0.464 e. The first-order valence-corrected chi connectivity index (χ1v) is 6.41. The molecule has 84 valence electrons. The highest BCUT2D eigenvalue weighted by Crippen LogP contribution is 2.28. The molecule has 5 heteroatoms. The Balaban J connectivity index is 2.73. The van der Waals surface area contributed by atoms with Crippen molar-refractivity contribution in [2.75, 3.05) is 6.26 Å². The molecule has 3 nitrogen and oxygen atoms in total. The van der Waals surface area contributed by atoms with E-state index in [0.717, 1.165) is 18.4 Å². The van der Waals surface area contributed by atoms with Crippen LogP contribution in [0, 0.1) is 5.82 Å². The van der Waals surface area contributed by atoms with E-state index in [1.54, 1.807) is 12.1 Å². The lowest BCUT2D eigenvalue weighted by molar-refractivity contribution is 0.575. The Kier molecular flexibility index (Phi) is 2.55. The molecule has 0 amide bonds. The number of furan rings is 1. The van der Waals surface area contributed by atoms with Gasteiger partial charge in [0.2, 0.25) is 0 Å². The van der Waals surface area contributed by atoms with Gasteiger partial charge in [-0.05, 0) is 30.3 Å². The minimum absolute atomic E-state index is 0.0591. The van der Waals surface area contributed by atoms with Crippen LogP contribution in [-0.4, -0.2) is 14.7 Å². The molecule has 0 bridgehead atoms. The van der Waals surface area contributed by atoms with Crippen LogP contribution in [0.3, 0.4) is 0 Å². The molecule has 2 rings (SSSR count). The molecule has 16 heavy (non-hydrogen) atoms. The summed E-state index contributed by atoms with van der Waals surface area (Å²) in [5.41, 5.74) is 0.243. The lowest BCUT2D eigenvalue weighted by Crippen LogP contribution is -2.00. The number of benzene rings is 1. The van der Waals surface area contributed by atoms with Crippen LogP contribution in [0.2, 0.25) is 0 Å². The normalized spacial score (nSPS) is 11.6. The molecule has 0 spiro atoms. The Hall–Kier alpha value is -1.62. The minimum atomic E-state index is -3.40. The summed E-state index contributed by atoms with van der Waals surface area (Å²) in [7, 11) is -3.40. The first-order chi connectivity index (χ1) is 7.48. The fraction of sp³-hybridized carbons (Fsp3) is 0.0909. The van der Waals surface area contributed by atoms with E-state index < -0.39 is 15.7 Å². The average molecular weight is 240 g/mol. The van der Waals surface area contributed by atoms with Crippen molar-refractivity contribution in [3.05, 3.63) is 42.4 Å². The number of sulfone groups is 1. The zero-order chi connectivity index (χ0) is 11.8. The maximum atomic E-state index is 13.1. The van der Waals surface area contributed by atoms with Gasteiger partial charge >= 0.3 is 0 Å². The van der Waals surface area contributed by atoms with Gasteiger partial charge in [0.1, 0.15) is 11.6 Å². The van der Waals surface area contributed by atoms with Gasteiger partial charge in [0.15, 0.2) is 9.84 Å². The van der Waals surface area contributed by atoms with Crippen LogP contribution in [0.25, 0.3) is 11.3 Å². The fourth-order valence-electron chi connectivity index (χ4n) is 1.45. The van der Waals surface area contributed by atoms with Crippen LogP contribution in [-0.2, 0) is 9.84 Å². The molecule has 0 N–H and O–H groups in total. The van der Waals surface area contributed by atoms with Crippen LogP contribution in [0.15, 0.2) is 45.9 Å². The molecule has 0 atom stereocenters. The third-order valence-electron chi connectivity index (χ3n) is 2.13. The summed E-state index contributed by atoms with van der Waals surface area (Å²) in [4.78, 5) is 0.0591. The van der Waals surface area contributed by atoms with Gasteiger partial charge in [-0.1, -0.05) is 0 Å². The standard InChI is InChI=1S/C11H9FO3S/c1-16(13,14)11-5-4-8(12)7-9(11)10-3-2-6-15-10/h2-7H,1H3. The molecule has 0 unspecified atom stereocenters. The molecule has 0 aliphatic rings. The van der Waals surface area contributed by atoms with E-state index in [1.165, 1.54) is 12.3 Å². The number of hydrogen-bond donors (Lipinski definition) is 0. The largest absolute Gasteiger partial charge is 0.464 e. The number of halogens is 1. The van der Waals surface area contributed by atoms with Gasteiger partial charge < -0.3 is 4.42 Å². The molecule has 0 radical (unpaired) electrons. The summed E-state index contributed by atoms with van der Waals surface area (Å²) in [5.74, 6) is -0.168. The second-order valence-electron chi connectivity index (χ2n) is 3.39. The van der Waals surface area contributed by atoms with E-state index in [1.807, 2.05) is 0 Å². The Morgan fingerprint density at radius 1 is 1.25 bits per heavy atom. The Labute approximate surface area is 92.4 Å². The Morgan fingerprint density at radius 3 is 2.56 bits per heavy atom. The second-order valence-corrected chi connectivity index (χ2v) is 5.37.